The summed E-state index contributed by atoms with van der Waals surface area (Å²) in [4.78, 5) is 16.1. The maximum absolute atomic E-state index is 10.8. The highest BCUT2D eigenvalue weighted by Gasteiger charge is 2.32. The van der Waals surface area contributed by atoms with Crippen LogP contribution < -0.4 is 10.5 Å². The zero-order valence-corrected chi connectivity index (χ0v) is 9.37. The summed E-state index contributed by atoms with van der Waals surface area (Å²) >= 11 is 0. The summed E-state index contributed by atoms with van der Waals surface area (Å²) in [6.45, 7) is 1.32. The Morgan fingerprint density at radius 1 is 1.71 bits per heavy atom. The second-order valence-corrected chi connectivity index (χ2v) is 3.92. The minimum Gasteiger partial charge on any atom is -0.489 e. The van der Waals surface area contributed by atoms with E-state index in [0.717, 1.165) is 12.0 Å². The van der Waals surface area contributed by atoms with Crippen molar-refractivity contribution in [2.45, 2.75) is 19.0 Å². The molecule has 0 aliphatic carbocycles. The van der Waals surface area contributed by atoms with Crippen molar-refractivity contribution in [3.63, 3.8) is 0 Å². The lowest BCUT2D eigenvalue weighted by molar-refractivity contribution is 0.0496. The number of likely N-dealkylation sites (tertiary alicyclic amines) is 1. The summed E-state index contributed by atoms with van der Waals surface area (Å²) in [5, 5.41) is 8.84. The number of rotatable bonds is 4. The van der Waals surface area contributed by atoms with Crippen LogP contribution in [0, 0.1) is 0 Å². The van der Waals surface area contributed by atoms with Crippen LogP contribution in [0.3, 0.4) is 0 Å². The lowest BCUT2D eigenvalue weighted by Gasteiger charge is -2.38. The normalized spacial score (nSPS) is 18.6. The molecule has 3 N–H and O–H groups in total. The second-order valence-electron chi connectivity index (χ2n) is 3.92. The van der Waals surface area contributed by atoms with E-state index in [0.29, 0.717) is 25.4 Å². The molecular formula is C11H15N3O3. The Morgan fingerprint density at radius 3 is 3.12 bits per heavy atom. The first-order valence-corrected chi connectivity index (χ1v) is 5.47. The number of ether oxygens (including phenoxy) is 1. The summed E-state index contributed by atoms with van der Waals surface area (Å²) in [6, 6.07) is 1.74. The van der Waals surface area contributed by atoms with E-state index < -0.39 is 6.09 Å². The first-order valence-electron chi connectivity index (χ1n) is 5.47. The molecular weight excluding hydrogens is 222 g/mol. The summed E-state index contributed by atoms with van der Waals surface area (Å²) in [7, 11) is 0. The van der Waals surface area contributed by atoms with E-state index in [4.69, 9.17) is 15.6 Å². The second kappa shape index (κ2) is 5.01. The molecule has 1 saturated heterocycles. The number of carbonyl (C=O) groups is 1. The largest absolute Gasteiger partial charge is 0.489 e. The van der Waals surface area contributed by atoms with Crippen LogP contribution in [0.1, 0.15) is 12.0 Å². The van der Waals surface area contributed by atoms with Gasteiger partial charge in [0.25, 0.3) is 0 Å². The van der Waals surface area contributed by atoms with Crippen molar-refractivity contribution in [1.82, 2.24) is 9.88 Å². The number of carboxylic acid groups (broad SMARTS) is 1. The van der Waals surface area contributed by atoms with Crippen molar-refractivity contribution in [2.75, 3.05) is 13.2 Å². The number of nitrogens with zero attached hydrogens (tertiary/aromatic N) is 2. The van der Waals surface area contributed by atoms with Gasteiger partial charge in [-0.15, -0.1) is 0 Å². The molecule has 1 aliphatic rings. The number of pyridine rings is 1. The Kier molecular flexibility index (Phi) is 3.43. The first kappa shape index (κ1) is 11.7. The molecule has 0 unspecified atom stereocenters. The van der Waals surface area contributed by atoms with E-state index in [-0.39, 0.29) is 6.04 Å². The molecule has 2 rings (SSSR count). The maximum atomic E-state index is 10.8. The Morgan fingerprint density at radius 2 is 2.53 bits per heavy atom. The van der Waals surface area contributed by atoms with Crippen molar-refractivity contribution in [1.29, 1.82) is 0 Å². The average Bonchev–Trinajstić information content (AvgIpc) is 2.27. The zero-order valence-electron chi connectivity index (χ0n) is 9.37. The van der Waals surface area contributed by atoms with Crippen molar-refractivity contribution in [3.8, 4) is 5.75 Å². The Bertz CT molecular complexity index is 411. The van der Waals surface area contributed by atoms with Gasteiger partial charge in [0.05, 0.1) is 12.2 Å². The molecule has 1 aliphatic heterocycles. The smallest absolute Gasteiger partial charge is 0.407 e. The molecule has 1 aromatic rings. The van der Waals surface area contributed by atoms with Crippen LogP contribution in [0.5, 0.6) is 5.75 Å². The van der Waals surface area contributed by atoms with Crippen LogP contribution in [0.15, 0.2) is 18.5 Å². The molecule has 1 atom stereocenters. The van der Waals surface area contributed by atoms with Crippen LogP contribution in [0.2, 0.25) is 0 Å². The van der Waals surface area contributed by atoms with Crippen LogP contribution in [0.25, 0.3) is 0 Å². The highest BCUT2D eigenvalue weighted by molar-refractivity contribution is 5.66. The van der Waals surface area contributed by atoms with Gasteiger partial charge >= 0.3 is 6.09 Å². The van der Waals surface area contributed by atoms with Crippen LogP contribution in [-0.2, 0) is 6.54 Å². The van der Waals surface area contributed by atoms with Crippen molar-refractivity contribution in [3.05, 3.63) is 24.0 Å². The maximum Gasteiger partial charge on any atom is 0.407 e. The Hall–Kier alpha value is -1.82. The summed E-state index contributed by atoms with van der Waals surface area (Å²) < 4.78 is 5.56. The van der Waals surface area contributed by atoms with Crippen molar-refractivity contribution in [2.24, 2.45) is 5.73 Å². The molecule has 1 aromatic heterocycles. The van der Waals surface area contributed by atoms with E-state index in [1.807, 2.05) is 0 Å². The molecule has 2 heterocycles. The Balaban J connectivity index is 1.92. The molecule has 1 fully saturated rings. The van der Waals surface area contributed by atoms with Gasteiger partial charge in [-0.05, 0) is 12.5 Å². The highest BCUT2D eigenvalue weighted by atomic mass is 16.5. The van der Waals surface area contributed by atoms with Gasteiger partial charge in [-0.2, -0.15) is 0 Å². The predicted octanol–water partition coefficient (Wildman–Crippen LogP) is 0.671. The van der Waals surface area contributed by atoms with Crippen LogP contribution in [-0.4, -0.2) is 40.3 Å². The fourth-order valence-corrected chi connectivity index (χ4v) is 1.76. The molecule has 0 radical (unpaired) electrons. The van der Waals surface area contributed by atoms with E-state index >= 15 is 0 Å². The van der Waals surface area contributed by atoms with E-state index in [1.54, 1.807) is 18.5 Å². The topological polar surface area (TPSA) is 88.7 Å². The van der Waals surface area contributed by atoms with Gasteiger partial charge in [-0.25, -0.2) is 4.79 Å². The standard InChI is InChI=1S/C11H15N3O3/c12-5-8-1-3-13-6-10(8)17-7-9-2-4-14(9)11(15)16/h1,3,6,9H,2,4-5,7,12H2,(H,15,16)/t9-/m1/s1. The molecule has 0 spiro atoms. The van der Waals surface area contributed by atoms with Gasteiger partial charge in [0.2, 0.25) is 0 Å². The summed E-state index contributed by atoms with van der Waals surface area (Å²) in [6.07, 6.45) is 3.20. The lowest BCUT2D eigenvalue weighted by atomic mass is 10.1. The molecule has 0 aromatic carbocycles. The number of amides is 1. The van der Waals surface area contributed by atoms with E-state index in [9.17, 15) is 4.79 Å². The molecule has 6 heteroatoms. The van der Waals surface area contributed by atoms with Crippen LogP contribution >= 0.6 is 0 Å². The number of nitrogens with two attached hydrogens (primary N) is 1. The van der Waals surface area contributed by atoms with Crippen LogP contribution in [0.4, 0.5) is 4.79 Å². The van der Waals surface area contributed by atoms with Crippen molar-refractivity contribution < 1.29 is 14.6 Å². The number of aromatic nitrogens is 1. The third-order valence-electron chi connectivity index (χ3n) is 2.91. The van der Waals surface area contributed by atoms with Gasteiger partial charge in [0, 0.05) is 24.8 Å². The van der Waals surface area contributed by atoms with Gasteiger partial charge in [-0.1, -0.05) is 0 Å². The molecule has 1 amide bonds. The third kappa shape index (κ3) is 2.47. The summed E-state index contributed by atoms with van der Waals surface area (Å²) in [5.74, 6) is 0.632. The Labute approximate surface area is 99.0 Å². The lowest BCUT2D eigenvalue weighted by Crippen LogP contribution is -2.53. The summed E-state index contributed by atoms with van der Waals surface area (Å²) in [5.41, 5.74) is 6.44. The third-order valence-corrected chi connectivity index (χ3v) is 2.91. The van der Waals surface area contributed by atoms with Gasteiger partial charge in [0.15, 0.2) is 0 Å². The van der Waals surface area contributed by atoms with E-state index in [1.165, 1.54) is 4.90 Å². The molecule has 6 nitrogen and oxygen atoms in total. The minimum atomic E-state index is -0.893. The zero-order chi connectivity index (χ0) is 12.3. The SMILES string of the molecule is NCc1ccncc1OC[C@H]1CCN1C(=O)O. The molecule has 17 heavy (non-hydrogen) atoms. The highest BCUT2D eigenvalue weighted by Crippen LogP contribution is 2.21. The van der Waals surface area contributed by atoms with Gasteiger partial charge in [0.1, 0.15) is 12.4 Å². The quantitative estimate of drug-likeness (QED) is 0.803. The molecule has 0 bridgehead atoms. The molecule has 0 saturated carbocycles. The average molecular weight is 237 g/mol. The number of hydrogen-bond donors (Lipinski definition) is 2. The number of hydrogen-bond acceptors (Lipinski definition) is 4. The fourth-order valence-electron chi connectivity index (χ4n) is 1.76. The fraction of sp³-hybridized carbons (Fsp3) is 0.455. The first-order chi connectivity index (χ1) is 8.22. The van der Waals surface area contributed by atoms with E-state index in [2.05, 4.69) is 4.98 Å². The molecule has 92 valence electrons. The van der Waals surface area contributed by atoms with Gasteiger partial charge < -0.3 is 20.5 Å². The monoisotopic (exact) mass is 237 g/mol. The van der Waals surface area contributed by atoms with Crippen molar-refractivity contribution >= 4 is 6.09 Å². The predicted molar refractivity (Wildman–Crippen MR) is 60.8 cm³/mol. The van der Waals surface area contributed by atoms with Gasteiger partial charge in [-0.3, -0.25) is 4.98 Å². The minimum absolute atomic E-state index is 0.0571.